The van der Waals surface area contributed by atoms with Crippen molar-refractivity contribution in [3.05, 3.63) is 101 Å². The van der Waals surface area contributed by atoms with Gasteiger partial charge in [0.1, 0.15) is 23.7 Å². The van der Waals surface area contributed by atoms with Crippen molar-refractivity contribution in [2.45, 2.75) is 20.0 Å². The zero-order chi connectivity index (χ0) is 23.4. The zero-order valence-corrected chi connectivity index (χ0v) is 18.7. The SMILES string of the molecule is CCc1ccc(N2C(=O)/C(=C/c3ccccc3OCc3ccccc3F)C(=O)NC2=S)cc1. The van der Waals surface area contributed by atoms with Gasteiger partial charge in [0.15, 0.2) is 5.11 Å². The van der Waals surface area contributed by atoms with Crippen molar-refractivity contribution in [1.82, 2.24) is 5.32 Å². The molecule has 166 valence electrons. The molecule has 1 heterocycles. The van der Waals surface area contributed by atoms with Crippen LogP contribution in [-0.4, -0.2) is 16.9 Å². The van der Waals surface area contributed by atoms with E-state index in [1.165, 1.54) is 17.0 Å². The Morgan fingerprint density at radius 3 is 2.42 bits per heavy atom. The summed E-state index contributed by atoms with van der Waals surface area (Å²) in [7, 11) is 0. The number of nitrogens with one attached hydrogen (secondary N) is 1. The summed E-state index contributed by atoms with van der Waals surface area (Å²) < 4.78 is 19.8. The summed E-state index contributed by atoms with van der Waals surface area (Å²) in [6.07, 6.45) is 2.33. The first kappa shape index (κ1) is 22.4. The fourth-order valence-corrected chi connectivity index (χ4v) is 3.71. The molecule has 1 aliphatic heterocycles. The number of benzene rings is 3. The minimum atomic E-state index is -0.588. The molecule has 1 saturated heterocycles. The van der Waals surface area contributed by atoms with Crippen LogP contribution in [-0.2, 0) is 22.6 Å². The molecule has 3 aromatic rings. The average molecular weight is 461 g/mol. The molecular formula is C26H21FN2O3S. The summed E-state index contributed by atoms with van der Waals surface area (Å²) >= 11 is 5.26. The van der Waals surface area contributed by atoms with Crippen LogP contribution in [0.15, 0.2) is 78.4 Å². The second kappa shape index (κ2) is 9.75. The highest BCUT2D eigenvalue weighted by atomic mass is 32.1. The Morgan fingerprint density at radius 1 is 1.00 bits per heavy atom. The normalized spacial score (nSPS) is 15.0. The number of hydrogen-bond donors (Lipinski definition) is 1. The minimum absolute atomic E-state index is 0.00694. The van der Waals surface area contributed by atoms with Gasteiger partial charge in [0.2, 0.25) is 0 Å². The highest BCUT2D eigenvalue weighted by Gasteiger charge is 2.34. The van der Waals surface area contributed by atoms with E-state index in [4.69, 9.17) is 17.0 Å². The number of aryl methyl sites for hydroxylation is 1. The molecule has 3 aromatic carbocycles. The highest BCUT2D eigenvalue weighted by molar-refractivity contribution is 7.80. The van der Waals surface area contributed by atoms with Gasteiger partial charge in [0.05, 0.1) is 5.69 Å². The molecule has 1 N–H and O–H groups in total. The number of nitrogens with zero attached hydrogens (tertiary/aromatic N) is 1. The van der Waals surface area contributed by atoms with Gasteiger partial charge >= 0.3 is 0 Å². The number of amides is 2. The van der Waals surface area contributed by atoms with Gasteiger partial charge in [-0.3, -0.25) is 19.8 Å². The lowest BCUT2D eigenvalue weighted by molar-refractivity contribution is -0.122. The lowest BCUT2D eigenvalue weighted by Crippen LogP contribution is -2.54. The molecule has 33 heavy (non-hydrogen) atoms. The Labute approximate surface area is 196 Å². The van der Waals surface area contributed by atoms with Crippen LogP contribution in [0, 0.1) is 5.82 Å². The standard InChI is InChI=1S/C26H21FN2O3S/c1-2-17-11-13-20(14-12-17)29-25(31)21(24(30)28-26(29)33)15-18-7-4-6-10-23(18)32-16-19-8-3-5-9-22(19)27/h3-15H,2,16H2,1H3,(H,28,30,33)/b21-15+. The van der Waals surface area contributed by atoms with Crippen LogP contribution in [0.4, 0.5) is 10.1 Å². The first-order chi connectivity index (χ1) is 16.0. The molecule has 0 unspecified atom stereocenters. The van der Waals surface area contributed by atoms with E-state index < -0.39 is 11.8 Å². The fraction of sp³-hybridized carbons (Fsp3) is 0.115. The molecule has 0 atom stereocenters. The van der Waals surface area contributed by atoms with Crippen molar-refractivity contribution < 1.29 is 18.7 Å². The summed E-state index contributed by atoms with van der Waals surface area (Å²) in [5, 5.41) is 2.60. The largest absolute Gasteiger partial charge is 0.488 e. The summed E-state index contributed by atoms with van der Waals surface area (Å²) in [5.74, 6) is -1.07. The van der Waals surface area contributed by atoms with Crippen molar-refractivity contribution in [1.29, 1.82) is 0 Å². The highest BCUT2D eigenvalue weighted by Crippen LogP contribution is 2.26. The van der Waals surface area contributed by atoms with Crippen LogP contribution >= 0.6 is 12.2 Å². The molecule has 5 nitrogen and oxygen atoms in total. The molecule has 0 spiro atoms. The number of hydrogen-bond acceptors (Lipinski definition) is 4. The summed E-state index contributed by atoms with van der Waals surface area (Å²) in [5.41, 5.74) is 2.53. The predicted molar refractivity (Wildman–Crippen MR) is 129 cm³/mol. The van der Waals surface area contributed by atoms with Gasteiger partial charge in [0.25, 0.3) is 11.8 Å². The van der Waals surface area contributed by atoms with Crippen molar-refractivity contribution >= 4 is 40.9 Å². The summed E-state index contributed by atoms with van der Waals surface area (Å²) in [6, 6.07) is 20.7. The number of ether oxygens (including phenoxy) is 1. The minimum Gasteiger partial charge on any atom is -0.488 e. The zero-order valence-electron chi connectivity index (χ0n) is 17.9. The molecular weight excluding hydrogens is 439 g/mol. The van der Waals surface area contributed by atoms with Gasteiger partial charge in [-0.15, -0.1) is 0 Å². The molecule has 2 amide bonds. The number of para-hydroxylation sites is 1. The van der Waals surface area contributed by atoms with Crippen molar-refractivity contribution in [3.63, 3.8) is 0 Å². The molecule has 0 aliphatic carbocycles. The van der Waals surface area contributed by atoms with Crippen LogP contribution in [0.25, 0.3) is 6.08 Å². The van der Waals surface area contributed by atoms with Crippen LogP contribution < -0.4 is 15.0 Å². The lowest BCUT2D eigenvalue weighted by atomic mass is 10.1. The molecule has 0 bridgehead atoms. The monoisotopic (exact) mass is 460 g/mol. The Hall–Kier alpha value is -3.84. The van der Waals surface area contributed by atoms with E-state index in [2.05, 4.69) is 5.32 Å². The van der Waals surface area contributed by atoms with E-state index in [-0.39, 0.29) is 23.1 Å². The molecule has 7 heteroatoms. The van der Waals surface area contributed by atoms with Gasteiger partial charge in [0, 0.05) is 11.1 Å². The van der Waals surface area contributed by atoms with Gasteiger partial charge in [-0.2, -0.15) is 0 Å². The van der Waals surface area contributed by atoms with Crippen LogP contribution in [0.1, 0.15) is 23.6 Å². The van der Waals surface area contributed by atoms with E-state index in [1.807, 2.05) is 19.1 Å². The van der Waals surface area contributed by atoms with E-state index in [0.29, 0.717) is 22.6 Å². The number of anilines is 1. The Kier molecular flexibility index (Phi) is 6.60. The number of halogens is 1. The second-order valence-electron chi connectivity index (χ2n) is 7.40. The quantitative estimate of drug-likeness (QED) is 0.326. The maximum absolute atomic E-state index is 13.9. The Morgan fingerprint density at radius 2 is 1.70 bits per heavy atom. The van der Waals surface area contributed by atoms with Crippen molar-refractivity contribution in [2.24, 2.45) is 0 Å². The van der Waals surface area contributed by atoms with Crippen LogP contribution in [0.3, 0.4) is 0 Å². The maximum Gasteiger partial charge on any atom is 0.270 e. The topological polar surface area (TPSA) is 58.6 Å². The third kappa shape index (κ3) is 4.83. The molecule has 0 aromatic heterocycles. The molecule has 0 radical (unpaired) electrons. The summed E-state index contributed by atoms with van der Waals surface area (Å²) in [4.78, 5) is 27.2. The molecule has 0 saturated carbocycles. The fourth-order valence-electron chi connectivity index (χ4n) is 3.43. The molecule has 1 fully saturated rings. The second-order valence-corrected chi connectivity index (χ2v) is 7.78. The first-order valence-corrected chi connectivity index (χ1v) is 10.8. The Bertz CT molecular complexity index is 1250. The van der Waals surface area contributed by atoms with E-state index in [0.717, 1.165) is 12.0 Å². The Balaban J connectivity index is 1.63. The number of carbonyl (C=O) groups excluding carboxylic acids is 2. The number of carbonyl (C=O) groups is 2. The van der Waals surface area contributed by atoms with Gasteiger partial charge in [-0.05, 0) is 54.5 Å². The van der Waals surface area contributed by atoms with Crippen LogP contribution in [0.2, 0.25) is 0 Å². The smallest absolute Gasteiger partial charge is 0.270 e. The average Bonchev–Trinajstić information content (AvgIpc) is 2.82. The van der Waals surface area contributed by atoms with E-state index in [1.54, 1.807) is 54.6 Å². The van der Waals surface area contributed by atoms with Gasteiger partial charge in [-0.25, -0.2) is 4.39 Å². The van der Waals surface area contributed by atoms with Crippen LogP contribution in [0.5, 0.6) is 5.75 Å². The van der Waals surface area contributed by atoms with E-state index in [9.17, 15) is 14.0 Å². The third-order valence-electron chi connectivity index (χ3n) is 5.26. The lowest BCUT2D eigenvalue weighted by Gasteiger charge is -2.29. The summed E-state index contributed by atoms with van der Waals surface area (Å²) in [6.45, 7) is 2.05. The van der Waals surface area contributed by atoms with Crippen molar-refractivity contribution in [3.8, 4) is 5.75 Å². The number of thiocarbonyl (C=S) groups is 1. The molecule has 4 rings (SSSR count). The predicted octanol–water partition coefficient (Wildman–Crippen LogP) is 4.80. The van der Waals surface area contributed by atoms with Gasteiger partial charge < -0.3 is 4.74 Å². The maximum atomic E-state index is 13.9. The first-order valence-electron chi connectivity index (χ1n) is 10.4. The molecule has 1 aliphatic rings. The third-order valence-corrected chi connectivity index (χ3v) is 5.55. The van der Waals surface area contributed by atoms with Gasteiger partial charge in [-0.1, -0.05) is 55.5 Å². The van der Waals surface area contributed by atoms with Crippen molar-refractivity contribution in [2.75, 3.05) is 4.90 Å². The van der Waals surface area contributed by atoms with E-state index >= 15 is 0 Å². The number of rotatable bonds is 6.